The quantitative estimate of drug-likeness (QED) is 0.530. The lowest BCUT2D eigenvalue weighted by molar-refractivity contribution is -0.130. The lowest BCUT2D eigenvalue weighted by Crippen LogP contribution is -2.41. The zero-order valence-corrected chi connectivity index (χ0v) is 17.2. The molecule has 31 heavy (non-hydrogen) atoms. The SMILES string of the molecule is O=C1CCCN1C1CCC(Nc2ncc3c(-c4cnc5nccn5c4)c[nH]c3n2)CC1. The molecule has 1 amide bonds. The zero-order chi connectivity index (χ0) is 20.8. The smallest absolute Gasteiger partial charge is 0.233 e. The fraction of sp³-hybridized carbons (Fsp3) is 0.409. The van der Waals surface area contributed by atoms with Crippen LogP contribution < -0.4 is 5.32 Å². The summed E-state index contributed by atoms with van der Waals surface area (Å²) in [5, 5.41) is 4.46. The summed E-state index contributed by atoms with van der Waals surface area (Å²) < 4.78 is 1.90. The molecule has 9 heteroatoms. The maximum absolute atomic E-state index is 12.0. The van der Waals surface area contributed by atoms with E-state index in [9.17, 15) is 4.79 Å². The second-order valence-electron chi connectivity index (χ2n) is 8.48. The van der Waals surface area contributed by atoms with Crippen LogP contribution in [0.5, 0.6) is 0 Å². The van der Waals surface area contributed by atoms with Crippen molar-refractivity contribution in [2.75, 3.05) is 11.9 Å². The number of fused-ring (bicyclic) bond motifs is 2. The van der Waals surface area contributed by atoms with Crippen molar-refractivity contribution in [2.45, 2.75) is 50.6 Å². The van der Waals surface area contributed by atoms with Crippen molar-refractivity contribution in [3.8, 4) is 11.1 Å². The van der Waals surface area contributed by atoms with Gasteiger partial charge in [0.25, 0.3) is 0 Å². The monoisotopic (exact) mass is 416 g/mol. The molecule has 9 nitrogen and oxygen atoms in total. The maximum Gasteiger partial charge on any atom is 0.233 e. The van der Waals surface area contributed by atoms with Crippen LogP contribution in [-0.2, 0) is 4.79 Å². The Hall–Kier alpha value is -3.49. The first kappa shape index (κ1) is 18.3. The van der Waals surface area contributed by atoms with Crippen LogP contribution >= 0.6 is 0 Å². The average Bonchev–Trinajstić information content (AvgIpc) is 3.53. The van der Waals surface area contributed by atoms with Gasteiger partial charge in [0.15, 0.2) is 0 Å². The number of nitrogens with one attached hydrogen (secondary N) is 2. The number of hydrogen-bond donors (Lipinski definition) is 2. The van der Waals surface area contributed by atoms with Gasteiger partial charge in [-0.05, 0) is 32.1 Å². The van der Waals surface area contributed by atoms with Crippen molar-refractivity contribution >= 4 is 28.7 Å². The van der Waals surface area contributed by atoms with Crippen LogP contribution in [0.25, 0.3) is 27.9 Å². The van der Waals surface area contributed by atoms with Gasteiger partial charge in [0.2, 0.25) is 17.6 Å². The van der Waals surface area contributed by atoms with Crippen molar-refractivity contribution in [2.24, 2.45) is 0 Å². The first-order chi connectivity index (χ1) is 15.2. The highest BCUT2D eigenvalue weighted by molar-refractivity contribution is 5.93. The highest BCUT2D eigenvalue weighted by atomic mass is 16.2. The molecule has 0 atom stereocenters. The first-order valence-electron chi connectivity index (χ1n) is 10.9. The van der Waals surface area contributed by atoms with E-state index in [4.69, 9.17) is 4.98 Å². The minimum Gasteiger partial charge on any atom is -0.351 e. The second-order valence-corrected chi connectivity index (χ2v) is 8.48. The predicted octanol–water partition coefficient (Wildman–Crippen LogP) is 3.01. The van der Waals surface area contributed by atoms with Gasteiger partial charge in [-0.25, -0.2) is 15.0 Å². The predicted molar refractivity (Wildman–Crippen MR) is 116 cm³/mol. The molecule has 5 heterocycles. The molecule has 2 N–H and O–H groups in total. The third kappa shape index (κ3) is 3.30. The van der Waals surface area contributed by atoms with E-state index in [1.807, 2.05) is 35.4 Å². The standard InChI is InChI=1S/C22H24N8O/c31-19-2-1-8-30(19)16-5-3-15(4-6-16)27-21-25-12-18-17(11-24-20(18)28-21)14-10-26-22-23-7-9-29(22)13-14/h7,9-13,15-16H,1-6,8H2,(H2,24,25,27,28). The van der Waals surface area contributed by atoms with Crippen molar-refractivity contribution in [3.05, 3.63) is 37.2 Å². The van der Waals surface area contributed by atoms with Gasteiger partial charge < -0.3 is 15.2 Å². The van der Waals surface area contributed by atoms with E-state index < -0.39 is 0 Å². The number of rotatable bonds is 4. The van der Waals surface area contributed by atoms with E-state index in [1.54, 1.807) is 6.20 Å². The Labute approximate surface area is 178 Å². The molecule has 158 valence electrons. The maximum atomic E-state index is 12.0. The fourth-order valence-electron chi connectivity index (χ4n) is 4.94. The van der Waals surface area contributed by atoms with E-state index in [0.29, 0.717) is 29.7 Å². The Bertz CT molecular complexity index is 1250. The van der Waals surface area contributed by atoms with E-state index in [0.717, 1.165) is 67.2 Å². The van der Waals surface area contributed by atoms with Crippen LogP contribution in [0.2, 0.25) is 0 Å². The highest BCUT2D eigenvalue weighted by Gasteiger charge is 2.31. The summed E-state index contributed by atoms with van der Waals surface area (Å²) in [5.41, 5.74) is 2.80. The van der Waals surface area contributed by atoms with Crippen LogP contribution in [0, 0.1) is 0 Å². The van der Waals surface area contributed by atoms with Gasteiger partial charge >= 0.3 is 0 Å². The number of carbonyl (C=O) groups excluding carboxylic acids is 1. The number of hydrogen-bond acceptors (Lipinski definition) is 6. The lowest BCUT2D eigenvalue weighted by Gasteiger charge is -2.34. The van der Waals surface area contributed by atoms with Gasteiger partial charge in [-0.15, -0.1) is 0 Å². The Morgan fingerprint density at radius 1 is 1.10 bits per heavy atom. The minimum absolute atomic E-state index is 0.329. The van der Waals surface area contributed by atoms with Crippen LogP contribution in [0.3, 0.4) is 0 Å². The highest BCUT2D eigenvalue weighted by Crippen LogP contribution is 2.30. The summed E-state index contributed by atoms with van der Waals surface area (Å²) in [4.78, 5) is 35.2. The molecule has 0 spiro atoms. The van der Waals surface area contributed by atoms with Crippen molar-refractivity contribution in [1.29, 1.82) is 0 Å². The molecule has 0 bridgehead atoms. The molecular weight excluding hydrogens is 392 g/mol. The van der Waals surface area contributed by atoms with Crippen LogP contribution in [0.15, 0.2) is 37.2 Å². The number of aromatic amines is 1. The van der Waals surface area contributed by atoms with Crippen LogP contribution in [0.4, 0.5) is 5.95 Å². The van der Waals surface area contributed by atoms with Crippen LogP contribution in [-0.4, -0.2) is 58.8 Å². The number of aromatic nitrogens is 6. The van der Waals surface area contributed by atoms with E-state index in [1.165, 1.54) is 0 Å². The third-order valence-corrected chi connectivity index (χ3v) is 6.57. The summed E-state index contributed by atoms with van der Waals surface area (Å²) in [6.07, 6.45) is 17.1. The molecule has 1 aliphatic carbocycles. The molecule has 4 aromatic heterocycles. The molecule has 0 aromatic carbocycles. The molecular formula is C22H24N8O. The molecule has 2 fully saturated rings. The number of likely N-dealkylation sites (tertiary alicyclic amines) is 1. The topological polar surface area (TPSA) is 104 Å². The molecule has 4 aromatic rings. The van der Waals surface area contributed by atoms with Gasteiger partial charge in [0.1, 0.15) is 5.65 Å². The molecule has 1 saturated heterocycles. The molecule has 6 rings (SSSR count). The molecule has 0 radical (unpaired) electrons. The summed E-state index contributed by atoms with van der Waals surface area (Å²) in [6.45, 7) is 0.930. The summed E-state index contributed by atoms with van der Waals surface area (Å²) in [6, 6.07) is 0.748. The fourth-order valence-corrected chi connectivity index (χ4v) is 4.94. The van der Waals surface area contributed by atoms with E-state index in [-0.39, 0.29) is 0 Å². The Balaban J connectivity index is 1.16. The molecule has 1 saturated carbocycles. The summed E-state index contributed by atoms with van der Waals surface area (Å²) >= 11 is 0. The van der Waals surface area contributed by atoms with Gasteiger partial charge in [-0.1, -0.05) is 0 Å². The largest absolute Gasteiger partial charge is 0.351 e. The normalized spacial score (nSPS) is 21.9. The summed E-state index contributed by atoms with van der Waals surface area (Å²) in [7, 11) is 0. The van der Waals surface area contributed by atoms with Gasteiger partial charge in [-0.3, -0.25) is 9.20 Å². The number of H-pyrrole nitrogens is 1. The van der Waals surface area contributed by atoms with E-state index in [2.05, 4.69) is 30.2 Å². The van der Waals surface area contributed by atoms with Crippen molar-refractivity contribution in [1.82, 2.24) is 34.2 Å². The Morgan fingerprint density at radius 3 is 2.84 bits per heavy atom. The number of amides is 1. The van der Waals surface area contributed by atoms with Crippen LogP contribution in [0.1, 0.15) is 38.5 Å². The van der Waals surface area contributed by atoms with Crippen molar-refractivity contribution < 1.29 is 4.79 Å². The minimum atomic E-state index is 0.329. The number of nitrogens with zero attached hydrogens (tertiary/aromatic N) is 6. The number of carbonyl (C=O) groups is 1. The third-order valence-electron chi connectivity index (χ3n) is 6.57. The first-order valence-corrected chi connectivity index (χ1v) is 10.9. The lowest BCUT2D eigenvalue weighted by atomic mass is 9.90. The molecule has 2 aliphatic rings. The molecule has 0 unspecified atom stereocenters. The molecule has 1 aliphatic heterocycles. The number of imidazole rings is 1. The van der Waals surface area contributed by atoms with Crippen molar-refractivity contribution in [3.63, 3.8) is 0 Å². The number of anilines is 1. The van der Waals surface area contributed by atoms with Gasteiger partial charge in [0, 0.05) is 78.7 Å². The van der Waals surface area contributed by atoms with Gasteiger partial charge in [0.05, 0.1) is 0 Å². The summed E-state index contributed by atoms with van der Waals surface area (Å²) in [5.74, 6) is 1.65. The Kier molecular flexibility index (Phi) is 4.33. The zero-order valence-electron chi connectivity index (χ0n) is 17.2. The average molecular weight is 416 g/mol. The van der Waals surface area contributed by atoms with E-state index >= 15 is 0 Å². The van der Waals surface area contributed by atoms with Gasteiger partial charge in [-0.2, -0.15) is 4.98 Å². The Morgan fingerprint density at radius 2 is 2.00 bits per heavy atom. The second kappa shape index (κ2) is 7.33.